The summed E-state index contributed by atoms with van der Waals surface area (Å²) in [5.74, 6) is 1.43. The van der Waals surface area contributed by atoms with Crippen LogP contribution in [-0.2, 0) is 22.4 Å². The number of nitrogens with one attached hydrogen (secondary N) is 2. The standard InChI is InChI=1S/C44H51N3O5S/c1-44(2,3)52-43(49)46-39(31-32-12-5-4-6-13-32)42(48)45-24-11-28-50-36-22-18-34(19-23-36)41-38(37-14-7-8-15-40(37)53-41)30-33-16-20-35(21-17-33)51-29-27-47-25-9-10-26-47/h4-8,12-23,39H,9-11,24-31H2,1-3H3,(H,45,48)(H,46,49)/t39-/m0/s1. The van der Waals surface area contributed by atoms with Gasteiger partial charge in [0, 0.05) is 29.1 Å². The maximum atomic E-state index is 13.1. The molecule has 2 N–H and O–H groups in total. The molecule has 0 radical (unpaired) electrons. The first-order valence-electron chi connectivity index (χ1n) is 18.7. The van der Waals surface area contributed by atoms with Crippen LogP contribution in [0.1, 0.15) is 56.7 Å². The first-order chi connectivity index (χ1) is 25.7. The number of rotatable bonds is 16. The molecule has 53 heavy (non-hydrogen) atoms. The van der Waals surface area contributed by atoms with Crippen LogP contribution in [0.5, 0.6) is 11.5 Å². The molecule has 4 aromatic carbocycles. The quantitative estimate of drug-likeness (QED) is 0.0988. The van der Waals surface area contributed by atoms with Gasteiger partial charge in [-0.25, -0.2) is 4.79 Å². The van der Waals surface area contributed by atoms with Gasteiger partial charge in [-0.2, -0.15) is 0 Å². The summed E-state index contributed by atoms with van der Waals surface area (Å²) in [6, 6.07) is 34.3. The highest BCUT2D eigenvalue weighted by Gasteiger charge is 2.24. The Balaban J connectivity index is 1.01. The highest BCUT2D eigenvalue weighted by molar-refractivity contribution is 7.22. The lowest BCUT2D eigenvalue weighted by Crippen LogP contribution is -2.49. The molecule has 1 aromatic heterocycles. The maximum Gasteiger partial charge on any atom is 0.408 e. The van der Waals surface area contributed by atoms with E-state index in [4.69, 9.17) is 14.2 Å². The van der Waals surface area contributed by atoms with E-state index in [0.717, 1.165) is 42.2 Å². The number of carbonyl (C=O) groups is 2. The van der Waals surface area contributed by atoms with Crippen molar-refractivity contribution in [3.05, 3.63) is 120 Å². The van der Waals surface area contributed by atoms with Crippen molar-refractivity contribution in [3.8, 4) is 21.9 Å². The topological polar surface area (TPSA) is 89.1 Å². The van der Waals surface area contributed by atoms with Crippen LogP contribution in [0.2, 0.25) is 0 Å². The van der Waals surface area contributed by atoms with E-state index in [0.29, 0.717) is 26.0 Å². The Morgan fingerprint density at radius 2 is 1.45 bits per heavy atom. The fourth-order valence-electron chi connectivity index (χ4n) is 6.52. The zero-order chi connectivity index (χ0) is 37.0. The van der Waals surface area contributed by atoms with Crippen LogP contribution in [-0.4, -0.2) is 67.9 Å². The maximum absolute atomic E-state index is 13.1. The third kappa shape index (κ3) is 11.3. The molecule has 278 valence electrons. The second-order valence-electron chi connectivity index (χ2n) is 14.5. The molecule has 1 aliphatic heterocycles. The summed E-state index contributed by atoms with van der Waals surface area (Å²) in [4.78, 5) is 29.4. The van der Waals surface area contributed by atoms with E-state index in [9.17, 15) is 9.59 Å². The smallest absolute Gasteiger partial charge is 0.408 e. The highest BCUT2D eigenvalue weighted by atomic mass is 32.1. The van der Waals surface area contributed by atoms with Crippen molar-refractivity contribution in [2.45, 2.75) is 64.5 Å². The number of amides is 2. The normalized spacial score (nSPS) is 13.8. The summed E-state index contributed by atoms with van der Waals surface area (Å²) in [5.41, 5.74) is 4.01. The van der Waals surface area contributed by atoms with E-state index < -0.39 is 17.7 Å². The number of alkyl carbamates (subject to hydrolysis) is 1. The molecule has 0 aliphatic carbocycles. The molecule has 9 heteroatoms. The lowest BCUT2D eigenvalue weighted by molar-refractivity contribution is -0.123. The van der Waals surface area contributed by atoms with Crippen molar-refractivity contribution in [3.63, 3.8) is 0 Å². The number of hydrogen-bond donors (Lipinski definition) is 2. The Morgan fingerprint density at radius 1 is 0.792 bits per heavy atom. The fourth-order valence-corrected chi connectivity index (χ4v) is 7.75. The molecule has 0 saturated carbocycles. The SMILES string of the molecule is CC(C)(C)OC(=O)N[C@@H](Cc1ccccc1)C(=O)NCCCOc1ccc(-c2sc3ccccc3c2Cc2ccc(OCCN3CCCC3)cc2)cc1. The molecular weight excluding hydrogens is 683 g/mol. The summed E-state index contributed by atoms with van der Waals surface area (Å²) in [5, 5.41) is 6.98. The van der Waals surface area contributed by atoms with Crippen molar-refractivity contribution < 1.29 is 23.8 Å². The average molecular weight is 734 g/mol. The second-order valence-corrected chi connectivity index (χ2v) is 15.6. The van der Waals surface area contributed by atoms with Crippen LogP contribution in [0.25, 0.3) is 20.5 Å². The number of likely N-dealkylation sites (tertiary alicyclic amines) is 1. The minimum absolute atomic E-state index is 0.264. The summed E-state index contributed by atoms with van der Waals surface area (Å²) in [6.07, 6.45) is 3.77. The zero-order valence-electron chi connectivity index (χ0n) is 31.1. The zero-order valence-corrected chi connectivity index (χ0v) is 31.9. The molecule has 8 nitrogen and oxygen atoms in total. The van der Waals surface area contributed by atoms with Crippen molar-refractivity contribution in [1.29, 1.82) is 0 Å². The summed E-state index contributed by atoms with van der Waals surface area (Å²) in [6.45, 7) is 10.3. The highest BCUT2D eigenvalue weighted by Crippen LogP contribution is 2.40. The molecule has 6 rings (SSSR count). The predicted octanol–water partition coefficient (Wildman–Crippen LogP) is 8.65. The van der Waals surface area contributed by atoms with E-state index >= 15 is 0 Å². The monoisotopic (exact) mass is 733 g/mol. The number of fused-ring (bicyclic) bond motifs is 1. The van der Waals surface area contributed by atoms with E-state index in [1.165, 1.54) is 52.0 Å². The van der Waals surface area contributed by atoms with Gasteiger partial charge in [-0.1, -0.05) is 60.7 Å². The Bertz CT molecular complexity index is 1910. The minimum Gasteiger partial charge on any atom is -0.494 e. The van der Waals surface area contributed by atoms with Crippen molar-refractivity contribution in [2.75, 3.05) is 39.4 Å². The van der Waals surface area contributed by atoms with Gasteiger partial charge >= 0.3 is 6.09 Å². The number of thiophene rings is 1. The second kappa shape index (κ2) is 18.3. The predicted molar refractivity (Wildman–Crippen MR) is 214 cm³/mol. The molecule has 1 saturated heterocycles. The minimum atomic E-state index is -0.762. The number of hydrogen-bond acceptors (Lipinski definition) is 7. The molecule has 0 spiro atoms. The Morgan fingerprint density at radius 3 is 2.17 bits per heavy atom. The van der Waals surface area contributed by atoms with Crippen molar-refractivity contribution in [1.82, 2.24) is 15.5 Å². The van der Waals surface area contributed by atoms with E-state index in [-0.39, 0.29) is 5.91 Å². The van der Waals surface area contributed by atoms with Crippen LogP contribution in [0, 0.1) is 0 Å². The lowest BCUT2D eigenvalue weighted by Gasteiger charge is -2.23. The molecule has 0 bridgehead atoms. The molecule has 1 fully saturated rings. The van der Waals surface area contributed by atoms with Gasteiger partial charge in [-0.3, -0.25) is 9.69 Å². The molecule has 1 aliphatic rings. The Labute approximate surface area is 317 Å². The Kier molecular flexibility index (Phi) is 13.0. The lowest BCUT2D eigenvalue weighted by atomic mass is 9.99. The van der Waals surface area contributed by atoms with Gasteiger partial charge in [0.05, 0.1) is 6.61 Å². The summed E-state index contributed by atoms with van der Waals surface area (Å²) in [7, 11) is 0. The number of ether oxygens (including phenoxy) is 3. The first kappa shape index (κ1) is 37.9. The fraction of sp³-hybridized carbons (Fsp3) is 0.364. The van der Waals surface area contributed by atoms with Crippen molar-refractivity contribution in [2.24, 2.45) is 0 Å². The van der Waals surface area contributed by atoms with Gasteiger partial charge in [0.2, 0.25) is 5.91 Å². The van der Waals surface area contributed by atoms with Gasteiger partial charge in [0.25, 0.3) is 0 Å². The van der Waals surface area contributed by atoms with Gasteiger partial charge < -0.3 is 24.8 Å². The van der Waals surface area contributed by atoms with Crippen LogP contribution < -0.4 is 20.1 Å². The van der Waals surface area contributed by atoms with Gasteiger partial charge in [0.15, 0.2) is 0 Å². The molecule has 2 amide bonds. The van der Waals surface area contributed by atoms with Crippen LogP contribution >= 0.6 is 11.3 Å². The van der Waals surface area contributed by atoms with Gasteiger partial charge in [-0.15, -0.1) is 11.3 Å². The van der Waals surface area contributed by atoms with Crippen molar-refractivity contribution >= 4 is 33.4 Å². The first-order valence-corrected chi connectivity index (χ1v) is 19.5. The Hall–Kier alpha value is -4.86. The average Bonchev–Trinajstić information content (AvgIpc) is 3.80. The van der Waals surface area contributed by atoms with Gasteiger partial charge in [-0.05, 0) is 130 Å². The molecule has 2 heterocycles. The van der Waals surface area contributed by atoms with E-state index in [1.54, 1.807) is 20.8 Å². The molecule has 5 aromatic rings. The largest absolute Gasteiger partial charge is 0.494 e. The summed E-state index contributed by atoms with van der Waals surface area (Å²) >= 11 is 1.82. The number of carbonyl (C=O) groups excluding carboxylic acids is 2. The third-order valence-corrected chi connectivity index (χ3v) is 10.4. The van der Waals surface area contributed by atoms with E-state index in [1.807, 2.05) is 53.8 Å². The number of benzene rings is 4. The number of nitrogens with zero attached hydrogens (tertiary/aromatic N) is 1. The summed E-state index contributed by atoms with van der Waals surface area (Å²) < 4.78 is 18.8. The van der Waals surface area contributed by atoms with E-state index in [2.05, 4.69) is 76.2 Å². The molecule has 0 unspecified atom stereocenters. The van der Waals surface area contributed by atoms with Crippen LogP contribution in [0.15, 0.2) is 103 Å². The van der Waals surface area contributed by atoms with Crippen LogP contribution in [0.4, 0.5) is 4.79 Å². The molecular formula is C44H51N3O5S. The molecule has 1 atom stereocenters. The third-order valence-electron chi connectivity index (χ3n) is 9.17. The van der Waals surface area contributed by atoms with Gasteiger partial charge in [0.1, 0.15) is 29.7 Å². The van der Waals surface area contributed by atoms with Crippen LogP contribution in [0.3, 0.4) is 0 Å².